The van der Waals surface area contributed by atoms with E-state index in [9.17, 15) is 4.79 Å². The normalized spacial score (nSPS) is 19.0. The topological polar surface area (TPSA) is 74.2 Å². The zero-order valence-corrected chi connectivity index (χ0v) is 17.4. The summed E-state index contributed by atoms with van der Waals surface area (Å²) in [5, 5.41) is 8.77. The molecule has 0 radical (unpaired) electrons. The lowest BCUT2D eigenvalue weighted by molar-refractivity contribution is 0.0706. The summed E-state index contributed by atoms with van der Waals surface area (Å²) < 4.78 is 5.44. The zero-order chi connectivity index (χ0) is 20.5. The zero-order valence-electron chi connectivity index (χ0n) is 17.4. The minimum Gasteiger partial charge on any atom is -0.383 e. The number of carbonyl (C=O) groups excluding carboxylic acids is 1. The highest BCUT2D eigenvalue weighted by atomic mass is 16.5. The number of fused-ring (bicyclic) bond motifs is 1. The van der Waals surface area contributed by atoms with Gasteiger partial charge in [0.1, 0.15) is 17.1 Å². The number of allylic oxidation sites excluding steroid dienone is 1. The van der Waals surface area contributed by atoms with Crippen molar-refractivity contribution < 1.29 is 9.32 Å². The van der Waals surface area contributed by atoms with Crippen molar-refractivity contribution in [1.29, 1.82) is 0 Å². The van der Waals surface area contributed by atoms with Gasteiger partial charge in [0.2, 0.25) is 0 Å². The van der Waals surface area contributed by atoms with Gasteiger partial charge in [-0.05, 0) is 57.2 Å². The van der Waals surface area contributed by atoms with Crippen LogP contribution in [-0.4, -0.2) is 33.5 Å². The number of amides is 1. The fourth-order valence-electron chi connectivity index (χ4n) is 4.34. The number of hydrogen-bond acceptors (Lipinski definition) is 4. The second kappa shape index (κ2) is 8.01. The van der Waals surface area contributed by atoms with E-state index in [0.29, 0.717) is 24.7 Å². The third-order valence-electron chi connectivity index (χ3n) is 6.16. The highest BCUT2D eigenvalue weighted by Gasteiger charge is 2.28. The highest BCUT2D eigenvalue weighted by Crippen LogP contribution is 2.40. The predicted octanol–water partition coefficient (Wildman–Crippen LogP) is 4.72. The molecule has 2 aliphatic carbocycles. The van der Waals surface area contributed by atoms with E-state index in [1.807, 2.05) is 42.2 Å². The molecule has 0 saturated heterocycles. The van der Waals surface area contributed by atoms with Crippen molar-refractivity contribution in [1.82, 2.24) is 20.4 Å². The van der Waals surface area contributed by atoms with Crippen LogP contribution in [-0.2, 0) is 6.54 Å². The molecule has 0 bridgehead atoms. The summed E-state index contributed by atoms with van der Waals surface area (Å²) in [5.41, 5.74) is 3.78. The minimum atomic E-state index is 0.0572. The lowest BCUT2D eigenvalue weighted by Crippen LogP contribution is -2.41. The van der Waals surface area contributed by atoms with Gasteiger partial charge in [0.25, 0.3) is 5.91 Å². The third-order valence-corrected chi connectivity index (χ3v) is 6.16. The molecule has 30 heavy (non-hydrogen) atoms. The Morgan fingerprint density at radius 2 is 2.13 bits per heavy atom. The molecular formula is C24H28N4O2. The number of likely N-dealkylation sites (N-methyl/N-ethyl adjacent to an activating group) is 1. The average molecular weight is 405 g/mol. The van der Waals surface area contributed by atoms with Crippen LogP contribution in [0.2, 0.25) is 0 Å². The fourth-order valence-corrected chi connectivity index (χ4v) is 4.34. The Morgan fingerprint density at radius 1 is 1.27 bits per heavy atom. The lowest BCUT2D eigenvalue weighted by atomic mass is 9.98. The Balaban J connectivity index is 1.27. The molecule has 2 heterocycles. The summed E-state index contributed by atoms with van der Waals surface area (Å²) >= 11 is 0. The van der Waals surface area contributed by atoms with Gasteiger partial charge in [-0.15, -0.1) is 0 Å². The molecule has 2 N–H and O–H groups in total. The first-order valence-corrected chi connectivity index (χ1v) is 11.0. The van der Waals surface area contributed by atoms with E-state index < -0.39 is 0 Å². The van der Waals surface area contributed by atoms with Crippen molar-refractivity contribution in [3.63, 3.8) is 0 Å². The number of aromatic amines is 1. The molecule has 3 aromatic rings. The number of nitrogens with zero attached hydrogens (tertiary/aromatic N) is 2. The van der Waals surface area contributed by atoms with Gasteiger partial charge in [-0.3, -0.25) is 4.79 Å². The van der Waals surface area contributed by atoms with Gasteiger partial charge in [-0.1, -0.05) is 23.4 Å². The molecule has 1 atom stereocenters. The molecule has 6 heteroatoms. The summed E-state index contributed by atoms with van der Waals surface area (Å²) in [5.74, 6) is 1.66. The first-order chi connectivity index (χ1) is 14.7. The molecule has 1 saturated carbocycles. The maximum Gasteiger partial charge on any atom is 0.270 e. The molecular weight excluding hydrogens is 376 g/mol. The maximum atomic E-state index is 13.2. The fraction of sp³-hybridized carbons (Fsp3) is 0.417. The summed E-state index contributed by atoms with van der Waals surface area (Å²) in [6, 6.07) is 12.1. The van der Waals surface area contributed by atoms with Crippen LogP contribution in [0, 0.1) is 0 Å². The molecule has 5 rings (SSSR count). The number of rotatable bonds is 7. The molecule has 2 aliphatic rings. The van der Waals surface area contributed by atoms with Crippen LogP contribution in [0.15, 0.2) is 52.7 Å². The molecule has 156 valence electrons. The number of nitrogens with one attached hydrogen (secondary N) is 2. The van der Waals surface area contributed by atoms with Crippen LogP contribution in [0.3, 0.4) is 0 Å². The number of carbonyl (C=O) groups is 1. The van der Waals surface area contributed by atoms with E-state index in [4.69, 9.17) is 4.52 Å². The first kappa shape index (κ1) is 19.0. The smallest absolute Gasteiger partial charge is 0.270 e. The van der Waals surface area contributed by atoms with Crippen molar-refractivity contribution in [3.05, 3.63) is 65.3 Å². The van der Waals surface area contributed by atoms with Gasteiger partial charge in [-0.2, -0.15) is 0 Å². The quantitative estimate of drug-likeness (QED) is 0.597. The Labute approximate surface area is 176 Å². The van der Waals surface area contributed by atoms with Gasteiger partial charge in [0.05, 0.1) is 12.6 Å². The number of benzene rings is 1. The van der Waals surface area contributed by atoms with Crippen LogP contribution in [0.4, 0.5) is 0 Å². The maximum absolute atomic E-state index is 13.2. The second-order valence-electron chi connectivity index (χ2n) is 8.36. The van der Waals surface area contributed by atoms with Gasteiger partial charge in [0, 0.05) is 35.1 Å². The number of aromatic nitrogens is 2. The van der Waals surface area contributed by atoms with Crippen molar-refractivity contribution >= 4 is 16.8 Å². The molecule has 2 aromatic heterocycles. The standard InChI is InChI=1S/C24H28N4O2/c1-2-28(24(29)22-12-17-6-3-4-9-21(17)26-22)20-8-5-7-18(13-20)25-15-19-14-23(30-27-19)16-10-11-16/h3-4,6,9,12-14,16,20,25-26H,2,5,7-8,10-11,15H2,1H3/t20-/m0/s1. The van der Waals surface area contributed by atoms with Gasteiger partial charge < -0.3 is 19.7 Å². The molecule has 1 fully saturated rings. The van der Waals surface area contributed by atoms with Crippen molar-refractivity contribution in [2.75, 3.05) is 6.54 Å². The van der Waals surface area contributed by atoms with E-state index in [2.05, 4.69) is 27.6 Å². The van der Waals surface area contributed by atoms with Crippen LogP contribution in [0.1, 0.15) is 66.9 Å². The Hall–Kier alpha value is -3.02. The number of hydrogen-bond donors (Lipinski definition) is 2. The van der Waals surface area contributed by atoms with Gasteiger partial charge >= 0.3 is 0 Å². The van der Waals surface area contributed by atoms with Crippen molar-refractivity contribution in [3.8, 4) is 0 Å². The van der Waals surface area contributed by atoms with Crippen molar-refractivity contribution in [2.45, 2.75) is 57.5 Å². The SMILES string of the molecule is CCN(C(=O)c1cc2ccccc2[nH]1)[C@@H]1C=C(NCc2cc(C3CC3)on2)CCC1. The van der Waals surface area contributed by atoms with Crippen LogP contribution in [0.5, 0.6) is 0 Å². The Bertz CT molecular complexity index is 1040. The summed E-state index contributed by atoms with van der Waals surface area (Å²) in [4.78, 5) is 18.5. The Morgan fingerprint density at radius 3 is 2.93 bits per heavy atom. The van der Waals surface area contributed by atoms with Crippen LogP contribution < -0.4 is 5.32 Å². The van der Waals surface area contributed by atoms with E-state index in [1.54, 1.807) is 0 Å². The Kier molecular flexibility index (Phi) is 5.07. The number of H-pyrrole nitrogens is 1. The van der Waals surface area contributed by atoms with Crippen molar-refractivity contribution in [2.24, 2.45) is 0 Å². The third kappa shape index (κ3) is 3.86. The minimum absolute atomic E-state index is 0.0572. The van der Waals surface area contributed by atoms with Crippen LogP contribution >= 0.6 is 0 Å². The second-order valence-corrected chi connectivity index (χ2v) is 8.36. The molecule has 0 aliphatic heterocycles. The highest BCUT2D eigenvalue weighted by molar-refractivity contribution is 5.98. The first-order valence-electron chi connectivity index (χ1n) is 11.0. The molecule has 0 spiro atoms. The summed E-state index contributed by atoms with van der Waals surface area (Å²) in [6.07, 6.45) is 7.70. The number of para-hydroxylation sites is 1. The van der Waals surface area contributed by atoms with E-state index >= 15 is 0 Å². The van der Waals surface area contributed by atoms with Crippen LogP contribution in [0.25, 0.3) is 10.9 Å². The monoisotopic (exact) mass is 404 g/mol. The van der Waals surface area contributed by atoms with E-state index in [1.165, 1.54) is 18.5 Å². The largest absolute Gasteiger partial charge is 0.383 e. The predicted molar refractivity (Wildman–Crippen MR) is 116 cm³/mol. The van der Waals surface area contributed by atoms with E-state index in [-0.39, 0.29) is 11.9 Å². The lowest BCUT2D eigenvalue weighted by Gasteiger charge is -2.32. The molecule has 1 aromatic carbocycles. The van der Waals surface area contributed by atoms with E-state index in [0.717, 1.165) is 41.6 Å². The molecule has 6 nitrogen and oxygen atoms in total. The molecule has 0 unspecified atom stereocenters. The summed E-state index contributed by atoms with van der Waals surface area (Å²) in [7, 11) is 0. The van der Waals surface area contributed by atoms with Gasteiger partial charge in [0.15, 0.2) is 0 Å². The molecule has 1 amide bonds. The van der Waals surface area contributed by atoms with Gasteiger partial charge in [-0.25, -0.2) is 0 Å². The summed E-state index contributed by atoms with van der Waals surface area (Å²) in [6.45, 7) is 3.39. The average Bonchev–Trinajstić information content (AvgIpc) is 3.35.